The van der Waals surface area contributed by atoms with E-state index in [1.54, 1.807) is 18.1 Å². The number of nitrogens with zero attached hydrogens (tertiary/aromatic N) is 1. The Hall–Kier alpha value is -1.40. The molecule has 2 aromatic rings. The number of ether oxygens (including phenoxy) is 1. The molecule has 0 fully saturated rings. The van der Waals surface area contributed by atoms with Crippen molar-refractivity contribution in [3.8, 4) is 5.75 Å². The Bertz CT molecular complexity index is 648. The predicted molar refractivity (Wildman–Crippen MR) is 103 cm³/mol. The van der Waals surface area contributed by atoms with Crippen LogP contribution in [0.5, 0.6) is 5.75 Å². The molecule has 1 aromatic heterocycles. The molecule has 0 bridgehead atoms. The number of benzene rings is 1. The molecule has 0 spiro atoms. The van der Waals surface area contributed by atoms with Gasteiger partial charge in [-0.3, -0.25) is 4.90 Å². The average Bonchev–Trinajstić information content (AvgIpc) is 3.01. The van der Waals surface area contributed by atoms with Crippen LogP contribution >= 0.6 is 11.3 Å². The summed E-state index contributed by atoms with van der Waals surface area (Å²) < 4.78 is 5.17. The van der Waals surface area contributed by atoms with Gasteiger partial charge in [0.25, 0.3) is 0 Å². The van der Waals surface area contributed by atoms with Gasteiger partial charge < -0.3 is 15.2 Å². The first-order valence-corrected chi connectivity index (χ1v) is 9.86. The van der Waals surface area contributed by atoms with E-state index in [1.807, 2.05) is 23.5 Å². The van der Waals surface area contributed by atoms with Gasteiger partial charge in [-0.1, -0.05) is 12.1 Å². The summed E-state index contributed by atoms with van der Waals surface area (Å²) >= 11 is 1.97. The molecular weight excluding hydrogens is 332 g/mol. The Morgan fingerprint density at radius 2 is 2.16 bits per heavy atom. The number of fused-ring (bicyclic) bond motifs is 1. The zero-order valence-electron chi connectivity index (χ0n) is 15.0. The minimum absolute atomic E-state index is 0.342. The molecule has 136 valence electrons. The van der Waals surface area contributed by atoms with E-state index in [0.717, 1.165) is 64.2 Å². The fourth-order valence-corrected chi connectivity index (χ4v) is 4.55. The number of unbranched alkanes of at least 4 members (excludes halogenated alkanes) is 1. The van der Waals surface area contributed by atoms with Crippen molar-refractivity contribution in [2.45, 2.75) is 38.9 Å². The third-order valence-electron chi connectivity index (χ3n) is 4.56. The topological polar surface area (TPSA) is 44.7 Å². The Morgan fingerprint density at radius 1 is 1.24 bits per heavy atom. The van der Waals surface area contributed by atoms with Gasteiger partial charge in [-0.15, -0.1) is 11.3 Å². The summed E-state index contributed by atoms with van der Waals surface area (Å²) in [6.45, 7) is 5.80. The summed E-state index contributed by atoms with van der Waals surface area (Å²) in [5.41, 5.74) is 2.64. The van der Waals surface area contributed by atoms with Crippen LogP contribution in [0.25, 0.3) is 0 Å². The van der Waals surface area contributed by atoms with Crippen LogP contribution in [0.4, 0.5) is 0 Å². The highest BCUT2D eigenvalue weighted by Gasteiger charge is 2.15. The number of aromatic hydroxyl groups is 1. The van der Waals surface area contributed by atoms with Crippen LogP contribution in [0, 0.1) is 0 Å². The second kappa shape index (κ2) is 9.34. The van der Waals surface area contributed by atoms with Gasteiger partial charge in [0.05, 0.1) is 0 Å². The molecule has 1 aliphatic rings. The Morgan fingerprint density at radius 3 is 2.96 bits per heavy atom. The summed E-state index contributed by atoms with van der Waals surface area (Å²) in [5, 5.41) is 13.2. The summed E-state index contributed by atoms with van der Waals surface area (Å²) in [7, 11) is 1.76. The Balaban J connectivity index is 1.65. The average molecular weight is 361 g/mol. The highest BCUT2D eigenvalue weighted by Crippen LogP contribution is 2.27. The highest BCUT2D eigenvalue weighted by molar-refractivity contribution is 7.12. The number of thiophene rings is 1. The van der Waals surface area contributed by atoms with Crippen molar-refractivity contribution >= 4 is 11.3 Å². The smallest absolute Gasteiger partial charge is 0.115 e. The fourth-order valence-electron chi connectivity index (χ4n) is 3.32. The maximum atomic E-state index is 9.73. The molecule has 2 heterocycles. The Kier molecular flexibility index (Phi) is 6.87. The van der Waals surface area contributed by atoms with Crippen molar-refractivity contribution in [3.05, 3.63) is 51.2 Å². The van der Waals surface area contributed by atoms with Crippen molar-refractivity contribution in [3.63, 3.8) is 0 Å². The van der Waals surface area contributed by atoms with E-state index in [4.69, 9.17) is 4.74 Å². The normalized spacial score (nSPS) is 14.0. The van der Waals surface area contributed by atoms with Crippen molar-refractivity contribution in [1.82, 2.24) is 10.2 Å². The van der Waals surface area contributed by atoms with Gasteiger partial charge in [0, 0.05) is 49.6 Å². The van der Waals surface area contributed by atoms with Crippen LogP contribution in [0.2, 0.25) is 0 Å². The van der Waals surface area contributed by atoms with Crippen LogP contribution in [-0.2, 0) is 30.8 Å². The lowest BCUT2D eigenvalue weighted by molar-refractivity contribution is 0.181. The first-order chi connectivity index (χ1) is 12.2. The van der Waals surface area contributed by atoms with Crippen LogP contribution in [0.3, 0.4) is 0 Å². The minimum atomic E-state index is 0.342. The van der Waals surface area contributed by atoms with Gasteiger partial charge in [-0.05, 0) is 55.1 Å². The van der Waals surface area contributed by atoms with Crippen LogP contribution in [0.1, 0.15) is 33.7 Å². The first kappa shape index (κ1) is 18.4. The minimum Gasteiger partial charge on any atom is -0.508 e. The quantitative estimate of drug-likeness (QED) is 0.672. The molecular formula is C20H28N2O2S. The second-order valence-corrected chi connectivity index (χ2v) is 7.89. The monoisotopic (exact) mass is 360 g/mol. The maximum absolute atomic E-state index is 9.73. The lowest BCUT2D eigenvalue weighted by atomic mass is 10.1. The SMILES string of the molecule is COCCCCN(Cc1cccc(O)c1)Cc1cc2c(s1)CCNC2. The number of rotatable bonds is 9. The highest BCUT2D eigenvalue weighted by atomic mass is 32.1. The van der Waals surface area contributed by atoms with E-state index in [0.29, 0.717) is 5.75 Å². The lowest BCUT2D eigenvalue weighted by Crippen LogP contribution is -2.24. The van der Waals surface area contributed by atoms with Gasteiger partial charge in [-0.2, -0.15) is 0 Å². The lowest BCUT2D eigenvalue weighted by Gasteiger charge is -2.22. The van der Waals surface area contributed by atoms with Crippen LogP contribution < -0.4 is 5.32 Å². The van der Waals surface area contributed by atoms with Crippen molar-refractivity contribution in [2.75, 3.05) is 26.8 Å². The fraction of sp³-hybridized carbons (Fsp3) is 0.500. The van der Waals surface area contributed by atoms with E-state index < -0.39 is 0 Å². The largest absolute Gasteiger partial charge is 0.508 e. The van der Waals surface area contributed by atoms with Gasteiger partial charge in [0.15, 0.2) is 0 Å². The molecule has 4 nitrogen and oxygen atoms in total. The summed E-state index contributed by atoms with van der Waals surface area (Å²) in [5.74, 6) is 0.342. The molecule has 25 heavy (non-hydrogen) atoms. The standard InChI is InChI=1S/C20H28N2O2S/c1-24-10-3-2-9-22(14-16-5-4-6-18(23)11-16)15-19-12-17-13-21-8-7-20(17)25-19/h4-6,11-12,21,23H,2-3,7-10,13-15H2,1H3. The van der Waals surface area contributed by atoms with Gasteiger partial charge in [0.2, 0.25) is 0 Å². The number of phenols is 1. The molecule has 0 saturated carbocycles. The van der Waals surface area contributed by atoms with Crippen LogP contribution in [0.15, 0.2) is 30.3 Å². The molecule has 0 unspecified atom stereocenters. The van der Waals surface area contributed by atoms with Crippen molar-refractivity contribution < 1.29 is 9.84 Å². The van der Waals surface area contributed by atoms with E-state index >= 15 is 0 Å². The predicted octanol–water partition coefficient (Wildman–Crippen LogP) is 3.53. The number of methoxy groups -OCH3 is 1. The summed E-state index contributed by atoms with van der Waals surface area (Å²) in [6.07, 6.45) is 3.36. The van der Waals surface area contributed by atoms with Gasteiger partial charge in [0.1, 0.15) is 5.75 Å². The van der Waals surface area contributed by atoms with E-state index in [2.05, 4.69) is 22.3 Å². The zero-order chi connectivity index (χ0) is 17.5. The molecule has 0 radical (unpaired) electrons. The zero-order valence-corrected chi connectivity index (χ0v) is 15.8. The third kappa shape index (κ3) is 5.54. The van der Waals surface area contributed by atoms with Gasteiger partial charge in [-0.25, -0.2) is 0 Å². The number of nitrogens with one attached hydrogen (secondary N) is 1. The summed E-state index contributed by atoms with van der Waals surface area (Å²) in [4.78, 5) is 5.47. The molecule has 3 rings (SSSR count). The number of hydrogen-bond donors (Lipinski definition) is 2. The maximum Gasteiger partial charge on any atom is 0.115 e. The first-order valence-electron chi connectivity index (χ1n) is 9.05. The number of phenolic OH excluding ortho intramolecular Hbond substituents is 1. The molecule has 0 saturated heterocycles. The summed E-state index contributed by atoms with van der Waals surface area (Å²) in [6, 6.07) is 9.98. The van der Waals surface area contributed by atoms with E-state index in [9.17, 15) is 5.11 Å². The molecule has 0 aliphatic carbocycles. The van der Waals surface area contributed by atoms with Crippen molar-refractivity contribution in [2.24, 2.45) is 0 Å². The van der Waals surface area contributed by atoms with E-state index in [1.165, 1.54) is 10.4 Å². The van der Waals surface area contributed by atoms with E-state index in [-0.39, 0.29) is 0 Å². The Labute approximate surface area is 154 Å². The molecule has 2 N–H and O–H groups in total. The van der Waals surface area contributed by atoms with Crippen LogP contribution in [-0.4, -0.2) is 36.8 Å². The molecule has 0 amide bonds. The second-order valence-electron chi connectivity index (χ2n) is 6.67. The van der Waals surface area contributed by atoms with Crippen molar-refractivity contribution in [1.29, 1.82) is 0 Å². The molecule has 0 atom stereocenters. The third-order valence-corrected chi connectivity index (χ3v) is 5.78. The van der Waals surface area contributed by atoms with Gasteiger partial charge >= 0.3 is 0 Å². The molecule has 1 aliphatic heterocycles. The molecule has 1 aromatic carbocycles. The molecule has 5 heteroatoms. The number of hydrogen-bond acceptors (Lipinski definition) is 5.